The lowest BCUT2D eigenvalue weighted by Crippen LogP contribution is -2.48. The van der Waals surface area contributed by atoms with Crippen molar-refractivity contribution in [3.05, 3.63) is 83.4 Å². The molecule has 7 heteroatoms. The molecule has 3 rings (SSSR count). The fraction of sp³-hybridized carbons (Fsp3) is 0.393. The molecule has 2 aromatic carbocycles. The van der Waals surface area contributed by atoms with E-state index in [1.54, 1.807) is 18.7 Å². The maximum Gasteiger partial charge on any atom is 0.411 e. The van der Waals surface area contributed by atoms with Gasteiger partial charge >= 0.3 is 6.09 Å². The van der Waals surface area contributed by atoms with E-state index in [0.29, 0.717) is 19.4 Å². The smallest absolute Gasteiger partial charge is 0.411 e. The number of sulfonamides is 1. The summed E-state index contributed by atoms with van der Waals surface area (Å²) in [6.07, 6.45) is 2.03. The second kappa shape index (κ2) is 10.3. The molecule has 0 saturated carbocycles. The lowest BCUT2D eigenvalue weighted by Gasteiger charge is -2.43. The van der Waals surface area contributed by atoms with Crippen molar-refractivity contribution in [2.24, 2.45) is 0 Å². The molecule has 1 saturated heterocycles. The van der Waals surface area contributed by atoms with Gasteiger partial charge in [-0.1, -0.05) is 66.5 Å². The quantitative estimate of drug-likeness (QED) is 0.428. The lowest BCUT2D eigenvalue weighted by atomic mass is 9.83. The molecule has 1 aliphatic heterocycles. The third-order valence-electron chi connectivity index (χ3n) is 5.98. The minimum absolute atomic E-state index is 0.175. The van der Waals surface area contributed by atoms with Gasteiger partial charge in [-0.2, -0.15) is 4.72 Å². The van der Waals surface area contributed by atoms with Gasteiger partial charge in [-0.05, 0) is 51.0 Å². The highest BCUT2D eigenvalue weighted by Crippen LogP contribution is 2.41. The number of nitrogens with zero attached hydrogens (tertiary/aromatic N) is 1. The van der Waals surface area contributed by atoms with Crippen LogP contribution >= 0.6 is 0 Å². The summed E-state index contributed by atoms with van der Waals surface area (Å²) in [5.41, 5.74) is 2.09. The first-order valence-corrected chi connectivity index (χ1v) is 13.5. The molecule has 0 radical (unpaired) electrons. The normalized spacial score (nSPS) is 19.3. The van der Waals surface area contributed by atoms with Crippen LogP contribution < -0.4 is 4.72 Å². The number of rotatable bonds is 7. The van der Waals surface area contributed by atoms with Crippen molar-refractivity contribution in [2.75, 3.05) is 12.8 Å². The van der Waals surface area contributed by atoms with Crippen molar-refractivity contribution >= 4 is 16.1 Å². The third-order valence-corrected chi connectivity index (χ3v) is 6.86. The Bertz CT molecular complexity index is 1240. The number of hydrogen-bond acceptors (Lipinski definition) is 4. The predicted octanol–water partition coefficient (Wildman–Crippen LogP) is 5.13. The van der Waals surface area contributed by atoms with Gasteiger partial charge in [0.15, 0.2) is 0 Å². The highest BCUT2D eigenvalue weighted by molar-refractivity contribution is 7.88. The molecule has 1 fully saturated rings. The highest BCUT2D eigenvalue weighted by atomic mass is 32.2. The second-order valence-electron chi connectivity index (χ2n) is 9.85. The molecule has 0 aromatic heterocycles. The van der Waals surface area contributed by atoms with Crippen molar-refractivity contribution in [3.63, 3.8) is 0 Å². The minimum atomic E-state index is -3.36. The van der Waals surface area contributed by atoms with Crippen LogP contribution in [0.5, 0.6) is 0 Å². The summed E-state index contributed by atoms with van der Waals surface area (Å²) in [6.45, 7) is 12.0. The Kier molecular flexibility index (Phi) is 7.78. The van der Waals surface area contributed by atoms with Crippen LogP contribution in [-0.2, 0) is 20.4 Å². The molecular weight excluding hydrogens is 460 g/mol. The first kappa shape index (κ1) is 26.5. The first-order valence-electron chi connectivity index (χ1n) is 11.6. The Labute approximate surface area is 209 Å². The van der Waals surface area contributed by atoms with Gasteiger partial charge in [0.1, 0.15) is 5.60 Å². The number of carbonyl (C=O) groups excluding carboxylic acids is 1. The van der Waals surface area contributed by atoms with E-state index in [9.17, 15) is 13.2 Å². The third kappa shape index (κ3) is 6.97. The van der Waals surface area contributed by atoms with Gasteiger partial charge in [-0.25, -0.2) is 13.2 Å². The van der Waals surface area contributed by atoms with Crippen LogP contribution in [0, 0.1) is 11.8 Å². The fourth-order valence-corrected chi connectivity index (χ4v) is 5.40. The molecule has 2 atom stereocenters. The van der Waals surface area contributed by atoms with Crippen LogP contribution in [0.2, 0.25) is 0 Å². The molecule has 0 spiro atoms. The van der Waals surface area contributed by atoms with Gasteiger partial charge in [-0.3, -0.25) is 0 Å². The molecule has 6 nitrogen and oxygen atoms in total. The predicted molar refractivity (Wildman–Crippen MR) is 139 cm³/mol. The summed E-state index contributed by atoms with van der Waals surface area (Å²) < 4.78 is 31.6. The van der Waals surface area contributed by atoms with Gasteiger partial charge in [0.05, 0.1) is 17.8 Å². The number of amides is 1. The van der Waals surface area contributed by atoms with E-state index in [1.807, 2.05) is 68.4 Å². The Morgan fingerprint density at radius 2 is 1.83 bits per heavy atom. The number of ether oxygens (including phenoxy) is 1. The van der Waals surface area contributed by atoms with E-state index in [4.69, 9.17) is 4.74 Å². The zero-order valence-electron chi connectivity index (χ0n) is 21.1. The standard InChI is InChI=1S/C28H34N2O4S/c1-21(2)20-28(25-10-8-7-9-11-25)18-19-30(26(31)34-28)22(3)24-14-12-23(13-15-24)16-17-27(4,5)29-35(6,32)33/h7-15,22,29H,1,18-20H2,2-6H3/t22-,28-/m0/s1. The molecule has 1 heterocycles. The average Bonchev–Trinajstić information content (AvgIpc) is 2.76. The van der Waals surface area contributed by atoms with Crippen LogP contribution in [-0.4, -0.2) is 37.8 Å². The molecule has 2 aromatic rings. The number of hydrogen-bond donors (Lipinski definition) is 1. The molecule has 1 amide bonds. The lowest BCUT2D eigenvalue weighted by molar-refractivity contribution is -0.0602. The van der Waals surface area contributed by atoms with Gasteiger partial charge in [0.2, 0.25) is 10.0 Å². The van der Waals surface area contributed by atoms with Gasteiger partial charge in [-0.15, -0.1) is 0 Å². The van der Waals surface area contributed by atoms with E-state index in [1.165, 1.54) is 0 Å². The highest BCUT2D eigenvalue weighted by Gasteiger charge is 2.43. The monoisotopic (exact) mass is 494 g/mol. The van der Waals surface area contributed by atoms with Crippen LogP contribution in [0.25, 0.3) is 0 Å². The van der Waals surface area contributed by atoms with Crippen molar-refractivity contribution in [3.8, 4) is 11.8 Å². The molecular formula is C28H34N2O4S. The Morgan fingerprint density at radius 3 is 2.37 bits per heavy atom. The SMILES string of the molecule is C=C(C)C[C@]1(c2ccccc2)CCN([C@@H](C)c2ccc(C#CC(C)(C)NS(C)(=O)=O)cc2)C(=O)O1. The number of nitrogens with one attached hydrogen (secondary N) is 1. The molecule has 0 bridgehead atoms. The molecule has 1 N–H and O–H groups in total. The average molecular weight is 495 g/mol. The Morgan fingerprint density at radius 1 is 1.20 bits per heavy atom. The summed E-state index contributed by atoms with van der Waals surface area (Å²) in [5, 5.41) is 0. The molecule has 1 aliphatic rings. The van der Waals surface area contributed by atoms with Crippen LogP contribution in [0.1, 0.15) is 63.3 Å². The molecule has 35 heavy (non-hydrogen) atoms. The summed E-state index contributed by atoms with van der Waals surface area (Å²) in [6, 6.07) is 17.3. The number of carbonyl (C=O) groups is 1. The topological polar surface area (TPSA) is 75.7 Å². The van der Waals surface area contributed by atoms with Gasteiger partial charge in [0.25, 0.3) is 0 Å². The summed E-state index contributed by atoms with van der Waals surface area (Å²) in [7, 11) is -3.36. The zero-order valence-corrected chi connectivity index (χ0v) is 21.9. The van der Waals surface area contributed by atoms with E-state index < -0.39 is 21.2 Å². The van der Waals surface area contributed by atoms with Crippen molar-refractivity contribution in [1.29, 1.82) is 0 Å². The van der Waals surface area contributed by atoms with Crippen LogP contribution in [0.15, 0.2) is 66.7 Å². The van der Waals surface area contributed by atoms with E-state index in [0.717, 1.165) is 28.5 Å². The maximum absolute atomic E-state index is 13.2. The Hall–Kier alpha value is -3.08. The second-order valence-corrected chi connectivity index (χ2v) is 11.6. The van der Waals surface area contributed by atoms with Crippen molar-refractivity contribution in [2.45, 2.75) is 57.7 Å². The minimum Gasteiger partial charge on any atom is -0.437 e. The maximum atomic E-state index is 13.2. The van der Waals surface area contributed by atoms with Crippen molar-refractivity contribution < 1.29 is 17.9 Å². The molecule has 0 aliphatic carbocycles. The number of cyclic esters (lactones) is 1. The first-order chi connectivity index (χ1) is 16.3. The number of benzene rings is 2. The van der Waals surface area contributed by atoms with Crippen molar-refractivity contribution in [1.82, 2.24) is 9.62 Å². The summed E-state index contributed by atoms with van der Waals surface area (Å²) in [4.78, 5) is 14.9. The van der Waals surface area contributed by atoms with E-state index in [2.05, 4.69) is 23.1 Å². The largest absolute Gasteiger partial charge is 0.437 e. The van der Waals surface area contributed by atoms with Gasteiger partial charge < -0.3 is 9.64 Å². The van der Waals surface area contributed by atoms with Crippen LogP contribution in [0.3, 0.4) is 0 Å². The summed E-state index contributed by atoms with van der Waals surface area (Å²) >= 11 is 0. The van der Waals surface area contributed by atoms with Gasteiger partial charge in [0, 0.05) is 24.9 Å². The van der Waals surface area contributed by atoms with E-state index >= 15 is 0 Å². The molecule has 186 valence electrons. The zero-order chi connectivity index (χ0) is 25.9. The fourth-order valence-electron chi connectivity index (χ4n) is 4.42. The van der Waals surface area contributed by atoms with Crippen LogP contribution in [0.4, 0.5) is 4.79 Å². The Balaban J connectivity index is 1.74. The molecule has 0 unspecified atom stereocenters. The van der Waals surface area contributed by atoms with E-state index in [-0.39, 0.29) is 12.1 Å². The summed E-state index contributed by atoms with van der Waals surface area (Å²) in [5.74, 6) is 5.98.